The molecule has 1 aliphatic carbocycles. The van der Waals surface area contributed by atoms with Crippen molar-refractivity contribution in [3.63, 3.8) is 0 Å². The summed E-state index contributed by atoms with van der Waals surface area (Å²) in [6.07, 6.45) is 3.16. The third-order valence-corrected chi connectivity index (χ3v) is 3.05. The van der Waals surface area contributed by atoms with Crippen LogP contribution in [-0.4, -0.2) is 28.1 Å². The number of nitrogens with zero attached hydrogens (tertiary/aromatic N) is 1. The molecule has 100 valence electrons. The fourth-order valence-corrected chi connectivity index (χ4v) is 2.10. The fraction of sp³-hybridized carbons (Fsp3) is 0.500. The minimum atomic E-state index is -0.450. The van der Waals surface area contributed by atoms with Crippen molar-refractivity contribution in [1.82, 2.24) is 10.3 Å². The third-order valence-electron chi connectivity index (χ3n) is 3.05. The number of hydrogen-bond donors (Lipinski definition) is 3. The minimum absolute atomic E-state index is 0. The number of rotatable bonds is 2. The maximum absolute atomic E-state index is 11.9. The SMILES string of the molecule is Cl.Nc1cccc(C(=O)NC2CCCCC2O)n1. The van der Waals surface area contributed by atoms with Gasteiger partial charge in [-0.2, -0.15) is 0 Å². The Morgan fingerprint density at radius 3 is 2.78 bits per heavy atom. The summed E-state index contributed by atoms with van der Waals surface area (Å²) in [4.78, 5) is 15.8. The number of nitrogen functional groups attached to an aromatic ring is 1. The molecule has 5 nitrogen and oxygen atoms in total. The van der Waals surface area contributed by atoms with Gasteiger partial charge in [0.1, 0.15) is 11.5 Å². The molecule has 1 aromatic heterocycles. The van der Waals surface area contributed by atoms with Gasteiger partial charge in [0.15, 0.2) is 0 Å². The second-order valence-electron chi connectivity index (χ2n) is 4.38. The molecule has 2 unspecified atom stereocenters. The van der Waals surface area contributed by atoms with Crippen LogP contribution in [0.1, 0.15) is 36.2 Å². The molecule has 1 aliphatic rings. The molecule has 6 heteroatoms. The number of carbonyl (C=O) groups is 1. The van der Waals surface area contributed by atoms with Crippen LogP contribution in [0.15, 0.2) is 18.2 Å². The van der Waals surface area contributed by atoms with Gasteiger partial charge in [-0.05, 0) is 25.0 Å². The lowest BCUT2D eigenvalue weighted by atomic mass is 9.92. The molecule has 0 radical (unpaired) electrons. The van der Waals surface area contributed by atoms with E-state index in [1.54, 1.807) is 18.2 Å². The zero-order chi connectivity index (χ0) is 12.3. The number of hydrogen-bond acceptors (Lipinski definition) is 4. The van der Waals surface area contributed by atoms with Crippen LogP contribution in [0.25, 0.3) is 0 Å². The van der Waals surface area contributed by atoms with Gasteiger partial charge in [0.05, 0.1) is 12.1 Å². The molecule has 1 amide bonds. The zero-order valence-electron chi connectivity index (χ0n) is 10.0. The van der Waals surface area contributed by atoms with Crippen LogP contribution in [0.5, 0.6) is 0 Å². The van der Waals surface area contributed by atoms with E-state index in [1.807, 2.05) is 0 Å². The van der Waals surface area contributed by atoms with E-state index in [1.165, 1.54) is 0 Å². The van der Waals surface area contributed by atoms with Crippen LogP contribution < -0.4 is 11.1 Å². The number of halogens is 1. The molecule has 2 atom stereocenters. The lowest BCUT2D eigenvalue weighted by molar-refractivity contribution is 0.0714. The summed E-state index contributed by atoms with van der Waals surface area (Å²) in [7, 11) is 0. The second-order valence-corrected chi connectivity index (χ2v) is 4.38. The highest BCUT2D eigenvalue weighted by Gasteiger charge is 2.25. The number of aromatic nitrogens is 1. The van der Waals surface area contributed by atoms with E-state index in [4.69, 9.17) is 5.73 Å². The Morgan fingerprint density at radius 1 is 1.39 bits per heavy atom. The Labute approximate surface area is 112 Å². The monoisotopic (exact) mass is 271 g/mol. The second kappa shape index (κ2) is 6.56. The van der Waals surface area contributed by atoms with E-state index in [0.29, 0.717) is 11.5 Å². The van der Waals surface area contributed by atoms with E-state index in [9.17, 15) is 9.90 Å². The molecule has 0 saturated heterocycles. The average molecular weight is 272 g/mol. The Hall–Kier alpha value is -1.33. The van der Waals surface area contributed by atoms with Gasteiger partial charge in [-0.25, -0.2) is 4.98 Å². The van der Waals surface area contributed by atoms with E-state index < -0.39 is 6.10 Å². The number of amides is 1. The van der Waals surface area contributed by atoms with Gasteiger partial charge in [-0.3, -0.25) is 4.79 Å². The first-order chi connectivity index (χ1) is 8.16. The van der Waals surface area contributed by atoms with Crippen molar-refractivity contribution in [3.8, 4) is 0 Å². The highest BCUT2D eigenvalue weighted by atomic mass is 35.5. The van der Waals surface area contributed by atoms with Gasteiger partial charge in [0.2, 0.25) is 0 Å². The quantitative estimate of drug-likeness (QED) is 0.752. The maximum Gasteiger partial charge on any atom is 0.270 e. The summed E-state index contributed by atoms with van der Waals surface area (Å²) in [5.74, 6) is 0.0464. The fourth-order valence-electron chi connectivity index (χ4n) is 2.10. The summed E-state index contributed by atoms with van der Waals surface area (Å²) in [5, 5.41) is 12.6. The lowest BCUT2D eigenvalue weighted by Crippen LogP contribution is -2.45. The molecule has 1 fully saturated rings. The van der Waals surface area contributed by atoms with Gasteiger partial charge in [0, 0.05) is 0 Å². The topological polar surface area (TPSA) is 88.2 Å². The summed E-state index contributed by atoms with van der Waals surface area (Å²) < 4.78 is 0. The van der Waals surface area contributed by atoms with E-state index >= 15 is 0 Å². The molecule has 0 aliphatic heterocycles. The smallest absolute Gasteiger partial charge is 0.270 e. The number of carbonyl (C=O) groups excluding carboxylic acids is 1. The van der Waals surface area contributed by atoms with Crippen molar-refractivity contribution in [2.45, 2.75) is 37.8 Å². The van der Waals surface area contributed by atoms with Crippen LogP contribution in [0.4, 0.5) is 5.82 Å². The van der Waals surface area contributed by atoms with Crippen molar-refractivity contribution in [1.29, 1.82) is 0 Å². The van der Waals surface area contributed by atoms with Crippen molar-refractivity contribution < 1.29 is 9.90 Å². The van der Waals surface area contributed by atoms with Gasteiger partial charge in [0.25, 0.3) is 5.91 Å². The first kappa shape index (κ1) is 14.7. The first-order valence-electron chi connectivity index (χ1n) is 5.88. The third kappa shape index (κ3) is 3.58. The first-order valence-corrected chi connectivity index (χ1v) is 5.88. The summed E-state index contributed by atoms with van der Waals surface area (Å²) in [5.41, 5.74) is 5.81. The van der Waals surface area contributed by atoms with Crippen LogP contribution in [0.3, 0.4) is 0 Å². The zero-order valence-corrected chi connectivity index (χ0v) is 10.8. The van der Waals surface area contributed by atoms with Crippen LogP contribution in [0.2, 0.25) is 0 Å². The number of pyridine rings is 1. The van der Waals surface area contributed by atoms with Crippen molar-refractivity contribution in [2.24, 2.45) is 0 Å². The van der Waals surface area contributed by atoms with Crippen molar-refractivity contribution in [2.75, 3.05) is 5.73 Å². The van der Waals surface area contributed by atoms with Gasteiger partial charge in [-0.15, -0.1) is 12.4 Å². The summed E-state index contributed by atoms with van der Waals surface area (Å²) >= 11 is 0. The predicted octanol–water partition coefficient (Wildman–Crippen LogP) is 1.12. The molecule has 0 bridgehead atoms. The molecule has 4 N–H and O–H groups in total. The van der Waals surface area contributed by atoms with Gasteiger partial charge >= 0.3 is 0 Å². The highest BCUT2D eigenvalue weighted by Crippen LogP contribution is 2.18. The minimum Gasteiger partial charge on any atom is -0.391 e. The van der Waals surface area contributed by atoms with E-state index in [2.05, 4.69) is 10.3 Å². The number of anilines is 1. The van der Waals surface area contributed by atoms with E-state index in [-0.39, 0.29) is 24.4 Å². The molecule has 1 saturated carbocycles. The largest absolute Gasteiger partial charge is 0.391 e. The lowest BCUT2D eigenvalue weighted by Gasteiger charge is -2.28. The van der Waals surface area contributed by atoms with Crippen LogP contribution >= 0.6 is 12.4 Å². The van der Waals surface area contributed by atoms with Gasteiger partial charge < -0.3 is 16.2 Å². The Bertz CT molecular complexity index is 414. The highest BCUT2D eigenvalue weighted by molar-refractivity contribution is 5.92. The molecule has 2 rings (SSSR count). The Balaban J connectivity index is 0.00000162. The number of nitrogens with two attached hydrogens (primary N) is 1. The Morgan fingerprint density at radius 2 is 2.11 bits per heavy atom. The molecule has 1 aromatic rings. The number of aliphatic hydroxyl groups is 1. The van der Waals surface area contributed by atoms with Crippen molar-refractivity contribution >= 4 is 24.1 Å². The Kier molecular flexibility index (Phi) is 5.37. The van der Waals surface area contributed by atoms with Crippen LogP contribution in [0, 0.1) is 0 Å². The average Bonchev–Trinajstić information content (AvgIpc) is 2.32. The molecular formula is C12H18ClN3O2. The summed E-state index contributed by atoms with van der Waals surface area (Å²) in [6.45, 7) is 0. The number of aliphatic hydroxyl groups excluding tert-OH is 1. The molecule has 18 heavy (non-hydrogen) atoms. The van der Waals surface area contributed by atoms with E-state index in [0.717, 1.165) is 25.7 Å². The standard InChI is InChI=1S/C12H17N3O2.ClH/c13-11-7-3-5-9(14-11)12(17)15-8-4-1-2-6-10(8)16;/h3,5,7-8,10,16H,1-2,4,6H2,(H2,13,14)(H,15,17);1H. The normalized spacial score (nSPS) is 22.9. The predicted molar refractivity (Wildman–Crippen MR) is 71.6 cm³/mol. The van der Waals surface area contributed by atoms with Crippen molar-refractivity contribution in [3.05, 3.63) is 23.9 Å². The maximum atomic E-state index is 11.9. The molecular weight excluding hydrogens is 254 g/mol. The molecule has 0 aromatic carbocycles. The summed E-state index contributed by atoms with van der Waals surface area (Å²) in [6, 6.07) is 4.77. The van der Waals surface area contributed by atoms with Crippen LogP contribution in [-0.2, 0) is 0 Å². The number of nitrogens with one attached hydrogen (secondary N) is 1. The molecule has 0 spiro atoms. The van der Waals surface area contributed by atoms with Gasteiger partial charge in [-0.1, -0.05) is 18.9 Å². The molecule has 1 heterocycles.